The van der Waals surface area contributed by atoms with Crippen LogP contribution in [0.1, 0.15) is 65.8 Å². The average Bonchev–Trinajstić information content (AvgIpc) is 2.83. The van der Waals surface area contributed by atoms with Crippen molar-refractivity contribution in [2.75, 3.05) is 13.7 Å². The highest BCUT2D eigenvalue weighted by atomic mass is 35.5. The topological polar surface area (TPSA) is 111 Å². The molecule has 0 aliphatic heterocycles. The number of rotatable bonds is 11. The van der Waals surface area contributed by atoms with E-state index in [1.807, 2.05) is 0 Å². The van der Waals surface area contributed by atoms with Crippen LogP contribution >= 0.6 is 11.6 Å². The molecule has 2 N–H and O–H groups in total. The zero-order valence-electron chi connectivity index (χ0n) is 20.0. The van der Waals surface area contributed by atoms with E-state index in [9.17, 15) is 14.7 Å². The predicted octanol–water partition coefficient (Wildman–Crippen LogP) is 4.02. The molecule has 0 spiro atoms. The van der Waals surface area contributed by atoms with Crippen LogP contribution in [0.2, 0.25) is 5.02 Å². The summed E-state index contributed by atoms with van der Waals surface area (Å²) in [4.78, 5) is 33.0. The summed E-state index contributed by atoms with van der Waals surface area (Å²) in [5.41, 5.74) is 3.94. The van der Waals surface area contributed by atoms with Gasteiger partial charge in [0, 0.05) is 30.6 Å². The van der Waals surface area contributed by atoms with Crippen molar-refractivity contribution in [1.82, 2.24) is 15.3 Å². The number of pyridine rings is 2. The molecule has 35 heavy (non-hydrogen) atoms. The summed E-state index contributed by atoms with van der Waals surface area (Å²) >= 11 is 6.07. The van der Waals surface area contributed by atoms with Gasteiger partial charge >= 0.3 is 5.97 Å². The zero-order valence-corrected chi connectivity index (χ0v) is 20.7. The molecule has 0 unspecified atom stereocenters. The summed E-state index contributed by atoms with van der Waals surface area (Å²) in [5.74, 6) is -0.966. The SMILES string of the molecule is COc1cncc(Cl)c1C(=O)N[C@@H](CCOC1CC(CCc2ccc3c(n2)CCCC3)C1)C(=O)O. The van der Waals surface area contributed by atoms with Crippen molar-refractivity contribution < 1.29 is 24.2 Å². The van der Waals surface area contributed by atoms with Crippen LogP contribution < -0.4 is 10.1 Å². The second-order valence-corrected chi connectivity index (χ2v) is 9.74. The molecule has 2 heterocycles. The van der Waals surface area contributed by atoms with E-state index in [4.69, 9.17) is 26.1 Å². The van der Waals surface area contributed by atoms with Gasteiger partial charge < -0.3 is 19.9 Å². The Hall–Kier alpha value is -2.71. The fourth-order valence-electron chi connectivity index (χ4n) is 4.80. The summed E-state index contributed by atoms with van der Waals surface area (Å²) in [6, 6.07) is 3.33. The van der Waals surface area contributed by atoms with Crippen molar-refractivity contribution >= 4 is 23.5 Å². The number of nitrogens with zero attached hydrogens (tertiary/aromatic N) is 2. The number of carbonyl (C=O) groups is 2. The van der Waals surface area contributed by atoms with E-state index < -0.39 is 17.9 Å². The molecule has 188 valence electrons. The number of amides is 1. The van der Waals surface area contributed by atoms with Gasteiger partial charge in [-0.25, -0.2) is 4.79 Å². The highest BCUT2D eigenvalue weighted by Gasteiger charge is 2.30. The van der Waals surface area contributed by atoms with E-state index in [-0.39, 0.29) is 35.5 Å². The molecule has 8 nitrogen and oxygen atoms in total. The molecule has 2 aromatic rings. The maximum atomic E-state index is 12.6. The number of fused-ring (bicyclic) bond motifs is 1. The fourth-order valence-corrected chi connectivity index (χ4v) is 5.03. The lowest BCUT2D eigenvalue weighted by Crippen LogP contribution is -2.42. The second-order valence-electron chi connectivity index (χ2n) is 9.34. The smallest absolute Gasteiger partial charge is 0.326 e. The number of ether oxygens (including phenoxy) is 2. The number of carboxylic acids is 1. The Morgan fingerprint density at radius 3 is 2.80 bits per heavy atom. The lowest BCUT2D eigenvalue weighted by molar-refractivity contribution is -0.140. The number of hydrogen-bond donors (Lipinski definition) is 2. The second kappa shape index (κ2) is 11.8. The molecule has 0 radical (unpaired) electrons. The van der Waals surface area contributed by atoms with Crippen molar-refractivity contribution in [1.29, 1.82) is 0 Å². The van der Waals surface area contributed by atoms with Crippen LogP contribution in [-0.2, 0) is 28.8 Å². The van der Waals surface area contributed by atoms with Gasteiger partial charge in [0.1, 0.15) is 11.6 Å². The van der Waals surface area contributed by atoms with Crippen LogP contribution in [0.4, 0.5) is 0 Å². The average molecular weight is 502 g/mol. The Kier molecular flexibility index (Phi) is 8.57. The number of carbonyl (C=O) groups excluding carboxylic acids is 1. The van der Waals surface area contributed by atoms with Crippen LogP contribution in [0, 0.1) is 5.92 Å². The third kappa shape index (κ3) is 6.49. The molecule has 4 rings (SSSR count). The molecule has 0 aromatic carbocycles. The van der Waals surface area contributed by atoms with Crippen LogP contribution in [0.3, 0.4) is 0 Å². The maximum absolute atomic E-state index is 12.6. The van der Waals surface area contributed by atoms with Gasteiger partial charge in [0.15, 0.2) is 5.75 Å². The summed E-state index contributed by atoms with van der Waals surface area (Å²) in [5, 5.41) is 12.1. The Morgan fingerprint density at radius 1 is 1.23 bits per heavy atom. The highest BCUT2D eigenvalue weighted by Crippen LogP contribution is 2.34. The number of hydrogen-bond acceptors (Lipinski definition) is 6. The molecule has 1 amide bonds. The van der Waals surface area contributed by atoms with Crippen LogP contribution in [0.25, 0.3) is 0 Å². The van der Waals surface area contributed by atoms with Gasteiger partial charge in [0.05, 0.1) is 24.4 Å². The van der Waals surface area contributed by atoms with Gasteiger partial charge in [-0.15, -0.1) is 0 Å². The van der Waals surface area contributed by atoms with Crippen molar-refractivity contribution in [3.8, 4) is 5.75 Å². The molecule has 0 bridgehead atoms. The third-order valence-corrected chi connectivity index (χ3v) is 7.20. The quantitative estimate of drug-likeness (QED) is 0.478. The summed E-state index contributed by atoms with van der Waals surface area (Å²) < 4.78 is 11.0. The first-order valence-corrected chi connectivity index (χ1v) is 12.6. The largest absolute Gasteiger partial charge is 0.494 e. The van der Waals surface area contributed by atoms with Crippen molar-refractivity contribution in [3.63, 3.8) is 0 Å². The van der Waals surface area contributed by atoms with Gasteiger partial charge in [-0.1, -0.05) is 17.7 Å². The first-order valence-electron chi connectivity index (χ1n) is 12.2. The number of carboxylic acid groups (broad SMARTS) is 1. The van der Waals surface area contributed by atoms with Gasteiger partial charge in [-0.2, -0.15) is 0 Å². The summed E-state index contributed by atoms with van der Waals surface area (Å²) in [7, 11) is 1.39. The van der Waals surface area contributed by atoms with Crippen LogP contribution in [-0.4, -0.2) is 52.8 Å². The van der Waals surface area contributed by atoms with Gasteiger partial charge in [-0.05, 0) is 68.9 Å². The fraction of sp³-hybridized carbons (Fsp3) is 0.538. The lowest BCUT2D eigenvalue weighted by Gasteiger charge is -2.35. The maximum Gasteiger partial charge on any atom is 0.326 e. The molecule has 9 heteroatoms. The standard InChI is InChI=1S/C26H32ClN3O5/c1-34-23-15-28-14-20(27)24(23)25(31)30-22(26(32)33)10-11-35-19-12-16(13-19)6-8-18-9-7-17-4-2-3-5-21(17)29-18/h7,9,14-16,19,22H,2-6,8,10-13H2,1H3,(H,30,31)(H,32,33)/t16?,19?,22-/m0/s1. The molecule has 1 fully saturated rings. The Balaban J connectivity index is 1.18. The highest BCUT2D eigenvalue weighted by molar-refractivity contribution is 6.34. The minimum absolute atomic E-state index is 0.0617. The first kappa shape index (κ1) is 25.4. The minimum Gasteiger partial charge on any atom is -0.494 e. The van der Waals surface area contributed by atoms with E-state index in [1.165, 1.54) is 49.3 Å². The monoisotopic (exact) mass is 501 g/mol. The van der Waals surface area contributed by atoms with Crippen molar-refractivity contribution in [2.45, 2.75) is 69.9 Å². The lowest BCUT2D eigenvalue weighted by atomic mass is 9.79. The number of nitrogens with one attached hydrogen (secondary N) is 1. The van der Waals surface area contributed by atoms with E-state index in [0.29, 0.717) is 5.92 Å². The van der Waals surface area contributed by atoms with Gasteiger partial charge in [0.25, 0.3) is 5.91 Å². The summed E-state index contributed by atoms with van der Waals surface area (Å²) in [6.07, 6.45) is 11.7. The minimum atomic E-state index is -1.13. The van der Waals surface area contributed by atoms with Gasteiger partial charge in [-0.3, -0.25) is 14.8 Å². The molecule has 2 aromatic heterocycles. The Bertz CT molecular complexity index is 1060. The molecule has 2 aliphatic carbocycles. The zero-order chi connectivity index (χ0) is 24.8. The number of halogens is 1. The van der Waals surface area contributed by atoms with Crippen LogP contribution in [0.5, 0.6) is 5.75 Å². The number of aliphatic carboxylic acids is 1. The van der Waals surface area contributed by atoms with E-state index in [0.717, 1.165) is 38.5 Å². The van der Waals surface area contributed by atoms with Crippen LogP contribution in [0.15, 0.2) is 24.5 Å². The predicted molar refractivity (Wildman–Crippen MR) is 131 cm³/mol. The molecule has 1 atom stereocenters. The number of aromatic nitrogens is 2. The third-order valence-electron chi connectivity index (χ3n) is 6.91. The van der Waals surface area contributed by atoms with E-state index in [2.05, 4.69) is 22.4 Å². The molecule has 2 aliphatic rings. The first-order chi connectivity index (χ1) is 16.9. The number of aryl methyl sites for hydroxylation is 3. The van der Waals surface area contributed by atoms with E-state index >= 15 is 0 Å². The molecular formula is C26H32ClN3O5. The normalized spacial score (nSPS) is 19.8. The van der Waals surface area contributed by atoms with Crippen molar-refractivity contribution in [3.05, 3.63) is 52.1 Å². The molecule has 0 saturated heterocycles. The number of methoxy groups -OCH3 is 1. The molecule has 1 saturated carbocycles. The van der Waals surface area contributed by atoms with E-state index in [1.54, 1.807) is 0 Å². The van der Waals surface area contributed by atoms with Crippen molar-refractivity contribution in [2.24, 2.45) is 5.92 Å². The Labute approximate surface area is 210 Å². The summed E-state index contributed by atoms with van der Waals surface area (Å²) in [6.45, 7) is 0.252. The Morgan fingerprint density at radius 2 is 2.03 bits per heavy atom. The van der Waals surface area contributed by atoms with Gasteiger partial charge in [0.2, 0.25) is 0 Å². The molecular weight excluding hydrogens is 470 g/mol.